The highest BCUT2D eigenvalue weighted by molar-refractivity contribution is 6.03. The Bertz CT molecular complexity index is 522. The summed E-state index contributed by atoms with van der Waals surface area (Å²) in [6.45, 7) is 1.65. The molecule has 1 heterocycles. The van der Waals surface area contributed by atoms with Crippen molar-refractivity contribution in [2.45, 2.75) is 6.92 Å². The monoisotopic (exact) mass is 219 g/mol. The maximum atomic E-state index is 11.6. The Kier molecular flexibility index (Phi) is 2.55. The smallest absolute Gasteiger partial charge is 0.328 e. The number of phenols is 1. The van der Waals surface area contributed by atoms with Gasteiger partial charge in [-0.15, -0.1) is 0 Å². The second-order valence-electron chi connectivity index (χ2n) is 3.15. The van der Waals surface area contributed by atoms with Gasteiger partial charge in [0.15, 0.2) is 5.82 Å². The predicted molar refractivity (Wildman–Crippen MR) is 55.1 cm³/mol. The number of benzene rings is 1. The van der Waals surface area contributed by atoms with Gasteiger partial charge in [0, 0.05) is 5.56 Å². The van der Waals surface area contributed by atoms with Gasteiger partial charge in [0.05, 0.1) is 0 Å². The van der Waals surface area contributed by atoms with Crippen molar-refractivity contribution in [2.75, 3.05) is 5.32 Å². The Balaban J connectivity index is 2.14. The van der Waals surface area contributed by atoms with E-state index in [0.29, 0.717) is 11.4 Å². The molecule has 6 nitrogen and oxygen atoms in total. The molecule has 0 saturated heterocycles. The number of carbonyl (C=O) groups is 1. The van der Waals surface area contributed by atoms with Crippen molar-refractivity contribution >= 4 is 11.9 Å². The average Bonchev–Trinajstić information content (AvgIpc) is 2.64. The van der Waals surface area contributed by atoms with E-state index in [-0.39, 0.29) is 11.8 Å². The van der Waals surface area contributed by atoms with Crippen LogP contribution in [-0.2, 0) is 0 Å². The maximum absolute atomic E-state index is 11.6. The van der Waals surface area contributed by atoms with Crippen molar-refractivity contribution in [1.29, 1.82) is 0 Å². The second kappa shape index (κ2) is 4.01. The van der Waals surface area contributed by atoms with Crippen molar-refractivity contribution in [3.05, 3.63) is 35.7 Å². The summed E-state index contributed by atoms with van der Waals surface area (Å²) in [5, 5.41) is 15.1. The van der Waals surface area contributed by atoms with Gasteiger partial charge in [-0.2, -0.15) is 4.98 Å². The molecule has 2 rings (SSSR count). The Morgan fingerprint density at radius 2 is 2.31 bits per heavy atom. The molecule has 0 radical (unpaired) electrons. The normalized spacial score (nSPS) is 10.1. The largest absolute Gasteiger partial charge is 0.508 e. The predicted octanol–water partition coefficient (Wildman–Crippen LogP) is 1.34. The van der Waals surface area contributed by atoms with Crippen LogP contribution in [0.5, 0.6) is 5.75 Å². The number of anilines is 1. The molecule has 2 aromatic rings. The van der Waals surface area contributed by atoms with Gasteiger partial charge in [0.1, 0.15) is 5.75 Å². The van der Waals surface area contributed by atoms with E-state index in [1.54, 1.807) is 19.1 Å². The summed E-state index contributed by atoms with van der Waals surface area (Å²) in [4.78, 5) is 15.5. The molecule has 0 spiro atoms. The maximum Gasteiger partial charge on any atom is 0.328 e. The van der Waals surface area contributed by atoms with Crippen molar-refractivity contribution < 1.29 is 14.4 Å². The first-order chi connectivity index (χ1) is 7.65. The lowest BCUT2D eigenvalue weighted by Crippen LogP contribution is -2.11. The quantitative estimate of drug-likeness (QED) is 0.795. The molecule has 1 aromatic carbocycles. The molecular formula is C10H9N3O3. The Morgan fingerprint density at radius 1 is 1.50 bits per heavy atom. The van der Waals surface area contributed by atoms with Gasteiger partial charge >= 0.3 is 6.01 Å². The standard InChI is InChI=1S/C10H9N3O3/c1-6-11-10(16-13-6)12-9(15)7-3-2-4-8(14)5-7/h2-5,14H,1H3,(H,11,12,13,15). The van der Waals surface area contributed by atoms with E-state index >= 15 is 0 Å². The molecule has 0 unspecified atom stereocenters. The number of phenolic OH excluding ortho intramolecular Hbond substituents is 1. The fourth-order valence-electron chi connectivity index (χ4n) is 1.16. The topological polar surface area (TPSA) is 88.2 Å². The van der Waals surface area contributed by atoms with Gasteiger partial charge in [-0.05, 0) is 25.1 Å². The molecule has 0 bridgehead atoms. The highest BCUT2D eigenvalue weighted by atomic mass is 16.5. The number of aromatic hydroxyl groups is 1. The van der Waals surface area contributed by atoms with E-state index in [0.717, 1.165) is 0 Å². The van der Waals surface area contributed by atoms with Crippen LogP contribution in [0.4, 0.5) is 6.01 Å². The van der Waals surface area contributed by atoms with E-state index in [4.69, 9.17) is 4.52 Å². The molecule has 2 N–H and O–H groups in total. The van der Waals surface area contributed by atoms with Gasteiger partial charge < -0.3 is 9.63 Å². The zero-order valence-corrected chi connectivity index (χ0v) is 8.47. The minimum atomic E-state index is -0.417. The molecule has 0 aliphatic rings. The van der Waals surface area contributed by atoms with Crippen LogP contribution in [0.1, 0.15) is 16.2 Å². The lowest BCUT2D eigenvalue weighted by atomic mass is 10.2. The fraction of sp³-hybridized carbons (Fsp3) is 0.100. The molecule has 82 valence electrons. The average molecular weight is 219 g/mol. The Hall–Kier alpha value is -2.37. The van der Waals surface area contributed by atoms with Crippen LogP contribution in [0.3, 0.4) is 0 Å². The van der Waals surface area contributed by atoms with Crippen LogP contribution >= 0.6 is 0 Å². The third-order valence-electron chi connectivity index (χ3n) is 1.86. The highest BCUT2D eigenvalue weighted by Crippen LogP contribution is 2.12. The van der Waals surface area contributed by atoms with Crippen LogP contribution < -0.4 is 5.32 Å². The summed E-state index contributed by atoms with van der Waals surface area (Å²) < 4.78 is 4.73. The molecule has 0 saturated carbocycles. The van der Waals surface area contributed by atoms with Crippen molar-refractivity contribution in [1.82, 2.24) is 10.1 Å². The van der Waals surface area contributed by atoms with E-state index in [2.05, 4.69) is 15.5 Å². The fourth-order valence-corrected chi connectivity index (χ4v) is 1.16. The van der Waals surface area contributed by atoms with Crippen LogP contribution in [-0.4, -0.2) is 21.2 Å². The third-order valence-corrected chi connectivity index (χ3v) is 1.86. The lowest BCUT2D eigenvalue weighted by molar-refractivity contribution is 0.102. The number of nitrogens with one attached hydrogen (secondary N) is 1. The summed E-state index contributed by atoms with van der Waals surface area (Å²) in [6, 6.07) is 6.00. The molecule has 1 aromatic heterocycles. The minimum absolute atomic E-state index is 0.0226. The van der Waals surface area contributed by atoms with E-state index < -0.39 is 5.91 Å². The SMILES string of the molecule is Cc1noc(NC(=O)c2cccc(O)c2)n1. The molecule has 0 aliphatic heterocycles. The first-order valence-corrected chi connectivity index (χ1v) is 4.56. The summed E-state index contributed by atoms with van der Waals surface area (Å²) in [5.74, 6) is 0.0418. The number of hydrogen-bond acceptors (Lipinski definition) is 5. The molecule has 0 atom stereocenters. The van der Waals surface area contributed by atoms with E-state index in [9.17, 15) is 9.90 Å². The third kappa shape index (κ3) is 2.17. The Labute approximate surface area is 90.9 Å². The highest BCUT2D eigenvalue weighted by Gasteiger charge is 2.10. The van der Waals surface area contributed by atoms with E-state index in [1.807, 2.05) is 0 Å². The minimum Gasteiger partial charge on any atom is -0.508 e. The number of nitrogens with zero attached hydrogens (tertiary/aromatic N) is 2. The first-order valence-electron chi connectivity index (χ1n) is 4.56. The summed E-state index contributed by atoms with van der Waals surface area (Å²) in [7, 11) is 0. The second-order valence-corrected chi connectivity index (χ2v) is 3.15. The van der Waals surface area contributed by atoms with Crippen LogP contribution in [0.25, 0.3) is 0 Å². The number of carbonyl (C=O) groups excluding carboxylic acids is 1. The summed E-state index contributed by atoms with van der Waals surface area (Å²) >= 11 is 0. The van der Waals surface area contributed by atoms with Crippen molar-refractivity contribution in [2.24, 2.45) is 0 Å². The van der Waals surface area contributed by atoms with Crippen LogP contribution in [0, 0.1) is 6.92 Å². The van der Waals surface area contributed by atoms with Gasteiger partial charge in [-0.3, -0.25) is 10.1 Å². The van der Waals surface area contributed by atoms with Crippen molar-refractivity contribution in [3.63, 3.8) is 0 Å². The van der Waals surface area contributed by atoms with Gasteiger partial charge in [0.2, 0.25) is 0 Å². The summed E-state index contributed by atoms with van der Waals surface area (Å²) in [5.41, 5.74) is 0.316. The molecular weight excluding hydrogens is 210 g/mol. The number of rotatable bonds is 2. The van der Waals surface area contributed by atoms with Gasteiger partial charge in [0.25, 0.3) is 5.91 Å². The number of amides is 1. The first kappa shape index (κ1) is 10.2. The van der Waals surface area contributed by atoms with Crippen LogP contribution in [0.15, 0.2) is 28.8 Å². The van der Waals surface area contributed by atoms with Gasteiger partial charge in [-0.25, -0.2) is 0 Å². The number of aryl methyl sites for hydroxylation is 1. The Morgan fingerprint density at radius 3 is 2.94 bits per heavy atom. The molecule has 1 amide bonds. The molecule has 16 heavy (non-hydrogen) atoms. The molecule has 0 aliphatic carbocycles. The van der Waals surface area contributed by atoms with Crippen molar-refractivity contribution in [3.8, 4) is 5.75 Å². The number of hydrogen-bond donors (Lipinski definition) is 2. The lowest BCUT2D eigenvalue weighted by Gasteiger charge is -2.00. The summed E-state index contributed by atoms with van der Waals surface area (Å²) in [6.07, 6.45) is 0. The molecule has 0 fully saturated rings. The number of aromatic nitrogens is 2. The molecule has 6 heteroatoms. The van der Waals surface area contributed by atoms with E-state index in [1.165, 1.54) is 12.1 Å². The zero-order valence-electron chi connectivity index (χ0n) is 8.47. The van der Waals surface area contributed by atoms with Crippen LogP contribution in [0.2, 0.25) is 0 Å². The zero-order chi connectivity index (χ0) is 11.5. The van der Waals surface area contributed by atoms with Gasteiger partial charge in [-0.1, -0.05) is 11.2 Å².